The van der Waals surface area contributed by atoms with Gasteiger partial charge in [0.1, 0.15) is 10.9 Å². The predicted octanol–water partition coefficient (Wildman–Crippen LogP) is 2.46. The van der Waals surface area contributed by atoms with E-state index in [-0.39, 0.29) is 6.10 Å². The first-order valence-corrected chi connectivity index (χ1v) is 7.04. The minimum absolute atomic E-state index is 0.00796. The van der Waals surface area contributed by atoms with Crippen LogP contribution in [0.1, 0.15) is 31.7 Å². The van der Waals surface area contributed by atoms with Crippen LogP contribution in [0.5, 0.6) is 0 Å². The summed E-state index contributed by atoms with van der Waals surface area (Å²) < 4.78 is 5.79. The molecule has 2 heterocycles. The van der Waals surface area contributed by atoms with Crippen LogP contribution in [0.15, 0.2) is 11.4 Å². The summed E-state index contributed by atoms with van der Waals surface area (Å²) in [7, 11) is 0. The van der Waals surface area contributed by atoms with E-state index in [2.05, 4.69) is 15.4 Å². The SMILES string of the molecule is CCOC(c1nc(NN)c2ccsc2n1)C1CC1. The van der Waals surface area contributed by atoms with Gasteiger partial charge in [-0.05, 0) is 37.1 Å². The van der Waals surface area contributed by atoms with Gasteiger partial charge in [-0.3, -0.25) is 0 Å². The van der Waals surface area contributed by atoms with Crippen molar-refractivity contribution in [3.63, 3.8) is 0 Å². The quantitative estimate of drug-likeness (QED) is 0.641. The summed E-state index contributed by atoms with van der Waals surface area (Å²) in [6, 6.07) is 1.98. The number of hydrogen-bond acceptors (Lipinski definition) is 6. The lowest BCUT2D eigenvalue weighted by atomic mass is 10.2. The summed E-state index contributed by atoms with van der Waals surface area (Å²) >= 11 is 1.60. The molecule has 0 spiro atoms. The number of nitrogens with two attached hydrogens (primary N) is 1. The first kappa shape index (κ1) is 11.8. The second kappa shape index (κ2) is 4.79. The van der Waals surface area contributed by atoms with E-state index in [4.69, 9.17) is 10.6 Å². The number of ether oxygens (including phenoxy) is 1. The number of nitrogen functional groups attached to an aromatic ring is 1. The number of rotatable bonds is 5. The lowest BCUT2D eigenvalue weighted by Gasteiger charge is -2.15. The average molecular weight is 264 g/mol. The molecule has 18 heavy (non-hydrogen) atoms. The molecule has 0 radical (unpaired) electrons. The first-order valence-electron chi connectivity index (χ1n) is 6.16. The molecular formula is C12H16N4OS. The zero-order chi connectivity index (χ0) is 12.5. The number of hydrazine groups is 1. The van der Waals surface area contributed by atoms with Gasteiger partial charge in [0.15, 0.2) is 11.6 Å². The topological polar surface area (TPSA) is 73.1 Å². The second-order valence-corrected chi connectivity index (χ2v) is 5.32. The van der Waals surface area contributed by atoms with Crippen molar-refractivity contribution in [2.45, 2.75) is 25.9 Å². The highest BCUT2D eigenvalue weighted by Gasteiger charge is 2.35. The van der Waals surface area contributed by atoms with Crippen LogP contribution in [0, 0.1) is 5.92 Å². The van der Waals surface area contributed by atoms with Gasteiger partial charge in [-0.2, -0.15) is 0 Å². The van der Waals surface area contributed by atoms with Crippen LogP contribution >= 0.6 is 11.3 Å². The Hall–Kier alpha value is -1.24. The number of fused-ring (bicyclic) bond motifs is 1. The molecule has 0 aromatic carbocycles. The molecule has 2 aromatic rings. The van der Waals surface area contributed by atoms with Gasteiger partial charge in [0.25, 0.3) is 0 Å². The molecule has 6 heteroatoms. The van der Waals surface area contributed by atoms with Crippen molar-refractivity contribution in [2.75, 3.05) is 12.0 Å². The van der Waals surface area contributed by atoms with Crippen molar-refractivity contribution in [1.82, 2.24) is 9.97 Å². The Balaban J connectivity index is 2.04. The van der Waals surface area contributed by atoms with E-state index in [1.807, 2.05) is 18.4 Å². The number of thiophene rings is 1. The molecule has 0 aliphatic heterocycles. The molecule has 0 amide bonds. The third-order valence-electron chi connectivity index (χ3n) is 3.13. The van der Waals surface area contributed by atoms with E-state index in [1.54, 1.807) is 11.3 Å². The van der Waals surface area contributed by atoms with Gasteiger partial charge in [0.2, 0.25) is 0 Å². The Labute approximate surface area is 109 Å². The third kappa shape index (κ3) is 2.07. The summed E-state index contributed by atoms with van der Waals surface area (Å²) in [6.45, 7) is 2.68. The van der Waals surface area contributed by atoms with Crippen molar-refractivity contribution in [2.24, 2.45) is 11.8 Å². The fraction of sp³-hybridized carbons (Fsp3) is 0.500. The molecule has 1 saturated carbocycles. The first-order chi connectivity index (χ1) is 8.83. The third-order valence-corrected chi connectivity index (χ3v) is 3.94. The van der Waals surface area contributed by atoms with Crippen LogP contribution in [0.3, 0.4) is 0 Å². The van der Waals surface area contributed by atoms with Crippen molar-refractivity contribution in [3.05, 3.63) is 17.3 Å². The lowest BCUT2D eigenvalue weighted by Crippen LogP contribution is -2.15. The van der Waals surface area contributed by atoms with Crippen LogP contribution in [0.4, 0.5) is 5.82 Å². The fourth-order valence-electron chi connectivity index (χ4n) is 2.11. The molecular weight excluding hydrogens is 248 g/mol. The predicted molar refractivity (Wildman–Crippen MR) is 72.3 cm³/mol. The molecule has 1 fully saturated rings. The van der Waals surface area contributed by atoms with Gasteiger partial charge in [-0.15, -0.1) is 11.3 Å². The molecule has 1 atom stereocenters. The van der Waals surface area contributed by atoms with Gasteiger partial charge < -0.3 is 10.2 Å². The number of anilines is 1. The van der Waals surface area contributed by atoms with E-state index in [0.29, 0.717) is 18.3 Å². The summed E-state index contributed by atoms with van der Waals surface area (Å²) in [5, 5.41) is 2.97. The van der Waals surface area contributed by atoms with Gasteiger partial charge in [-0.25, -0.2) is 15.8 Å². The van der Waals surface area contributed by atoms with Crippen molar-refractivity contribution < 1.29 is 4.74 Å². The van der Waals surface area contributed by atoms with E-state index < -0.39 is 0 Å². The van der Waals surface area contributed by atoms with Crippen molar-refractivity contribution in [3.8, 4) is 0 Å². The number of aromatic nitrogens is 2. The number of nitrogens with zero attached hydrogens (tertiary/aromatic N) is 2. The highest BCUT2D eigenvalue weighted by molar-refractivity contribution is 7.16. The van der Waals surface area contributed by atoms with Gasteiger partial charge >= 0.3 is 0 Å². The largest absolute Gasteiger partial charge is 0.370 e. The van der Waals surface area contributed by atoms with Crippen LogP contribution in [-0.2, 0) is 4.74 Å². The molecule has 1 aliphatic carbocycles. The maximum atomic E-state index is 5.79. The zero-order valence-electron chi connectivity index (χ0n) is 10.2. The monoisotopic (exact) mass is 264 g/mol. The molecule has 3 N–H and O–H groups in total. The smallest absolute Gasteiger partial charge is 0.161 e. The molecule has 0 bridgehead atoms. The minimum atomic E-state index is 0.00796. The van der Waals surface area contributed by atoms with E-state index in [1.165, 1.54) is 12.8 Å². The maximum Gasteiger partial charge on any atom is 0.161 e. The molecule has 0 saturated heterocycles. The standard InChI is InChI=1S/C12H16N4OS/c1-2-17-9(7-3-4-7)11-14-10(16-13)8-5-6-18-12(8)15-11/h5-7,9H,2-4,13H2,1H3,(H,14,15,16). The zero-order valence-corrected chi connectivity index (χ0v) is 11.0. The Morgan fingerprint density at radius 2 is 2.39 bits per heavy atom. The minimum Gasteiger partial charge on any atom is -0.370 e. The van der Waals surface area contributed by atoms with Crippen LogP contribution in [0.2, 0.25) is 0 Å². The highest BCUT2D eigenvalue weighted by Crippen LogP contribution is 2.43. The Morgan fingerprint density at radius 3 is 3.06 bits per heavy atom. The molecule has 1 aliphatic rings. The van der Waals surface area contributed by atoms with Gasteiger partial charge in [-0.1, -0.05) is 0 Å². The molecule has 1 unspecified atom stereocenters. The maximum absolute atomic E-state index is 5.79. The fourth-order valence-corrected chi connectivity index (χ4v) is 2.88. The van der Waals surface area contributed by atoms with Crippen molar-refractivity contribution in [1.29, 1.82) is 0 Å². The van der Waals surface area contributed by atoms with Gasteiger partial charge in [0, 0.05) is 6.61 Å². The molecule has 96 valence electrons. The average Bonchev–Trinajstić information content (AvgIpc) is 3.11. The highest BCUT2D eigenvalue weighted by atomic mass is 32.1. The van der Waals surface area contributed by atoms with Gasteiger partial charge in [0.05, 0.1) is 5.39 Å². The van der Waals surface area contributed by atoms with Crippen LogP contribution in [0.25, 0.3) is 10.2 Å². The molecule has 3 rings (SSSR count). The number of nitrogens with one attached hydrogen (secondary N) is 1. The second-order valence-electron chi connectivity index (χ2n) is 4.43. The Morgan fingerprint density at radius 1 is 1.56 bits per heavy atom. The Bertz CT molecular complexity index is 552. The normalized spacial score (nSPS) is 17.0. The summed E-state index contributed by atoms with van der Waals surface area (Å²) in [4.78, 5) is 10.1. The van der Waals surface area contributed by atoms with Crippen LogP contribution < -0.4 is 11.3 Å². The van der Waals surface area contributed by atoms with E-state index in [0.717, 1.165) is 16.0 Å². The Kier molecular flexibility index (Phi) is 3.15. The molecule has 2 aromatic heterocycles. The van der Waals surface area contributed by atoms with Crippen molar-refractivity contribution >= 4 is 27.4 Å². The van der Waals surface area contributed by atoms with Crippen LogP contribution in [-0.4, -0.2) is 16.6 Å². The molecule has 5 nitrogen and oxygen atoms in total. The summed E-state index contributed by atoms with van der Waals surface area (Å²) in [5.74, 6) is 7.53. The summed E-state index contributed by atoms with van der Waals surface area (Å²) in [6.07, 6.45) is 2.40. The number of hydrogen-bond donors (Lipinski definition) is 2. The lowest BCUT2D eigenvalue weighted by molar-refractivity contribution is 0.0404. The summed E-state index contributed by atoms with van der Waals surface area (Å²) in [5.41, 5.74) is 2.65. The van der Waals surface area contributed by atoms with E-state index >= 15 is 0 Å². The van der Waals surface area contributed by atoms with E-state index in [9.17, 15) is 0 Å².